The number of urea groups is 1. The SMILES string of the molecule is C=CC(=O)OCCN1C(=O)NC2(CC(C)(C)N(C(=O)C=C)C(C)(C)C2)C1=O. The first-order chi connectivity index (χ1) is 12.4. The van der Waals surface area contributed by atoms with Gasteiger partial charge in [0, 0.05) is 30.0 Å². The predicted molar refractivity (Wildman–Crippen MR) is 98.6 cm³/mol. The molecule has 2 fully saturated rings. The third kappa shape index (κ3) is 3.61. The van der Waals surface area contributed by atoms with Crippen LogP contribution in [0.1, 0.15) is 40.5 Å². The van der Waals surface area contributed by atoms with Gasteiger partial charge in [-0.3, -0.25) is 14.5 Å². The van der Waals surface area contributed by atoms with E-state index in [2.05, 4.69) is 18.5 Å². The third-order valence-electron chi connectivity index (χ3n) is 5.05. The summed E-state index contributed by atoms with van der Waals surface area (Å²) in [5.74, 6) is -1.20. The van der Waals surface area contributed by atoms with Crippen molar-refractivity contribution in [3.63, 3.8) is 0 Å². The number of piperidine rings is 1. The van der Waals surface area contributed by atoms with Crippen LogP contribution in [0.15, 0.2) is 25.3 Å². The third-order valence-corrected chi connectivity index (χ3v) is 5.05. The summed E-state index contributed by atoms with van der Waals surface area (Å²) in [4.78, 5) is 51.9. The van der Waals surface area contributed by atoms with Crippen molar-refractivity contribution in [3.8, 4) is 0 Å². The Morgan fingerprint density at radius 1 is 1.11 bits per heavy atom. The molecule has 0 aliphatic carbocycles. The topological polar surface area (TPSA) is 96.0 Å². The molecular weight excluding hydrogens is 350 g/mol. The summed E-state index contributed by atoms with van der Waals surface area (Å²) in [6, 6.07) is -0.523. The molecule has 27 heavy (non-hydrogen) atoms. The van der Waals surface area contributed by atoms with Gasteiger partial charge < -0.3 is 15.0 Å². The molecule has 2 saturated heterocycles. The number of esters is 1. The lowest BCUT2D eigenvalue weighted by molar-refractivity contribution is -0.154. The van der Waals surface area contributed by atoms with E-state index in [4.69, 9.17) is 4.74 Å². The molecule has 1 N–H and O–H groups in total. The molecule has 0 unspecified atom stereocenters. The van der Waals surface area contributed by atoms with E-state index in [1.165, 1.54) is 6.08 Å². The maximum atomic E-state index is 13.1. The number of nitrogens with one attached hydrogen (secondary N) is 1. The Kier molecular flexibility index (Phi) is 5.23. The van der Waals surface area contributed by atoms with Crippen molar-refractivity contribution >= 4 is 23.8 Å². The molecule has 2 heterocycles. The molecule has 0 aromatic rings. The van der Waals surface area contributed by atoms with Crippen molar-refractivity contribution in [2.24, 2.45) is 0 Å². The zero-order valence-electron chi connectivity index (χ0n) is 16.3. The number of hydrogen-bond donors (Lipinski definition) is 1. The van der Waals surface area contributed by atoms with Crippen LogP contribution >= 0.6 is 0 Å². The first kappa shape index (κ1) is 20.7. The minimum Gasteiger partial charge on any atom is -0.461 e. The fourth-order valence-electron chi connectivity index (χ4n) is 4.62. The van der Waals surface area contributed by atoms with Crippen LogP contribution < -0.4 is 5.32 Å². The summed E-state index contributed by atoms with van der Waals surface area (Å²) >= 11 is 0. The monoisotopic (exact) mass is 377 g/mol. The smallest absolute Gasteiger partial charge is 0.330 e. The van der Waals surface area contributed by atoms with Crippen LogP contribution in [0.25, 0.3) is 0 Å². The number of carbonyl (C=O) groups is 4. The highest BCUT2D eigenvalue weighted by Crippen LogP contribution is 2.46. The van der Waals surface area contributed by atoms with Crippen LogP contribution in [-0.4, -0.2) is 63.4 Å². The Bertz CT molecular complexity index is 692. The van der Waals surface area contributed by atoms with E-state index in [-0.39, 0.29) is 37.8 Å². The molecule has 4 amide bonds. The lowest BCUT2D eigenvalue weighted by Gasteiger charge is -2.57. The normalized spacial score (nSPS) is 22.4. The average Bonchev–Trinajstić information content (AvgIpc) is 2.75. The number of hydrogen-bond acceptors (Lipinski definition) is 5. The molecule has 0 aromatic heterocycles. The molecule has 0 atom stereocenters. The predicted octanol–water partition coefficient (Wildman–Crippen LogP) is 1.37. The van der Waals surface area contributed by atoms with Gasteiger partial charge in [-0.15, -0.1) is 0 Å². The summed E-state index contributed by atoms with van der Waals surface area (Å²) in [5, 5.41) is 2.82. The number of nitrogens with zero attached hydrogens (tertiary/aromatic N) is 2. The van der Waals surface area contributed by atoms with Crippen LogP contribution in [0.3, 0.4) is 0 Å². The Balaban J connectivity index is 2.26. The molecule has 148 valence electrons. The van der Waals surface area contributed by atoms with E-state index in [0.29, 0.717) is 0 Å². The van der Waals surface area contributed by atoms with Gasteiger partial charge >= 0.3 is 12.0 Å². The lowest BCUT2D eigenvalue weighted by Crippen LogP contribution is -2.70. The number of rotatable bonds is 5. The number of carbonyl (C=O) groups excluding carboxylic acids is 4. The van der Waals surface area contributed by atoms with E-state index in [1.807, 2.05) is 27.7 Å². The van der Waals surface area contributed by atoms with Gasteiger partial charge in [0.1, 0.15) is 12.1 Å². The van der Waals surface area contributed by atoms with Crippen molar-refractivity contribution in [1.82, 2.24) is 15.1 Å². The maximum Gasteiger partial charge on any atom is 0.330 e. The van der Waals surface area contributed by atoms with E-state index in [1.54, 1.807) is 4.90 Å². The molecule has 2 aliphatic rings. The van der Waals surface area contributed by atoms with Crippen LogP contribution in [0, 0.1) is 0 Å². The number of likely N-dealkylation sites (tertiary alicyclic amines) is 1. The van der Waals surface area contributed by atoms with Crippen molar-refractivity contribution < 1.29 is 23.9 Å². The van der Waals surface area contributed by atoms with Crippen LogP contribution in [-0.2, 0) is 19.1 Å². The quantitative estimate of drug-likeness (QED) is 0.443. The van der Waals surface area contributed by atoms with Gasteiger partial charge in [0.25, 0.3) is 5.91 Å². The standard InChI is InChI=1S/C19H27N3O5/c1-7-13(23)22-17(3,4)11-19(12-18(22,5)6)15(25)21(16(26)20-19)9-10-27-14(24)8-2/h7-8H,1-2,9-12H2,3-6H3,(H,20,26). The van der Waals surface area contributed by atoms with Gasteiger partial charge in [0.05, 0.1) is 6.54 Å². The second-order valence-corrected chi connectivity index (χ2v) is 8.20. The minimum atomic E-state index is -1.11. The molecule has 0 aromatic carbocycles. The fraction of sp³-hybridized carbons (Fsp3) is 0.579. The molecule has 0 bridgehead atoms. The van der Waals surface area contributed by atoms with Gasteiger partial charge in [0.2, 0.25) is 5.91 Å². The highest BCUT2D eigenvalue weighted by Gasteiger charge is 2.61. The minimum absolute atomic E-state index is 0.0395. The van der Waals surface area contributed by atoms with Gasteiger partial charge in [0.15, 0.2) is 0 Å². The summed E-state index contributed by atoms with van der Waals surface area (Å²) < 4.78 is 4.88. The first-order valence-electron chi connectivity index (χ1n) is 8.80. The highest BCUT2D eigenvalue weighted by molar-refractivity contribution is 6.07. The first-order valence-corrected chi connectivity index (χ1v) is 8.80. The second-order valence-electron chi connectivity index (χ2n) is 8.20. The maximum absolute atomic E-state index is 13.1. The van der Waals surface area contributed by atoms with E-state index in [0.717, 1.165) is 11.0 Å². The zero-order chi connectivity index (χ0) is 20.6. The summed E-state index contributed by atoms with van der Waals surface area (Å²) in [6.45, 7) is 14.2. The fourth-order valence-corrected chi connectivity index (χ4v) is 4.62. The van der Waals surface area contributed by atoms with Gasteiger partial charge in [-0.1, -0.05) is 13.2 Å². The molecule has 1 spiro atoms. The second kappa shape index (κ2) is 6.83. The number of ether oxygens (including phenoxy) is 1. The Hall–Kier alpha value is -2.64. The highest BCUT2D eigenvalue weighted by atomic mass is 16.5. The molecular formula is C19H27N3O5. The number of imide groups is 1. The van der Waals surface area contributed by atoms with E-state index >= 15 is 0 Å². The molecule has 0 saturated carbocycles. The van der Waals surface area contributed by atoms with Gasteiger partial charge in [-0.05, 0) is 33.8 Å². The molecule has 2 aliphatic heterocycles. The van der Waals surface area contributed by atoms with Crippen molar-refractivity contribution in [1.29, 1.82) is 0 Å². The summed E-state index contributed by atoms with van der Waals surface area (Å²) in [5.41, 5.74) is -2.47. The summed E-state index contributed by atoms with van der Waals surface area (Å²) in [7, 11) is 0. The van der Waals surface area contributed by atoms with E-state index < -0.39 is 28.6 Å². The average molecular weight is 377 g/mol. The molecule has 8 heteroatoms. The zero-order valence-corrected chi connectivity index (χ0v) is 16.3. The van der Waals surface area contributed by atoms with Crippen molar-refractivity contribution in [2.75, 3.05) is 13.2 Å². The van der Waals surface area contributed by atoms with Crippen molar-refractivity contribution in [2.45, 2.75) is 57.2 Å². The number of amides is 4. The summed E-state index contributed by atoms with van der Waals surface area (Å²) in [6.07, 6.45) is 2.83. The molecule has 8 nitrogen and oxygen atoms in total. The van der Waals surface area contributed by atoms with Gasteiger partial charge in [-0.25, -0.2) is 9.59 Å². The Morgan fingerprint density at radius 2 is 1.67 bits per heavy atom. The largest absolute Gasteiger partial charge is 0.461 e. The lowest BCUT2D eigenvalue weighted by atomic mass is 9.68. The van der Waals surface area contributed by atoms with Crippen LogP contribution in [0.4, 0.5) is 4.79 Å². The molecule has 0 radical (unpaired) electrons. The Morgan fingerprint density at radius 3 is 2.15 bits per heavy atom. The molecule has 2 rings (SSSR count). The van der Waals surface area contributed by atoms with Gasteiger partial charge in [-0.2, -0.15) is 0 Å². The van der Waals surface area contributed by atoms with Crippen LogP contribution in [0.2, 0.25) is 0 Å². The van der Waals surface area contributed by atoms with Crippen molar-refractivity contribution in [3.05, 3.63) is 25.3 Å². The van der Waals surface area contributed by atoms with E-state index in [9.17, 15) is 19.2 Å². The Labute approximate surface area is 159 Å². The van der Waals surface area contributed by atoms with Crippen LogP contribution in [0.5, 0.6) is 0 Å².